The molecule has 0 aromatic heterocycles. The Morgan fingerprint density at radius 1 is 0.464 bits per heavy atom. The van der Waals surface area contributed by atoms with Crippen LogP contribution in [0.15, 0.2) is 60.7 Å². The smallest absolute Gasteiger partial charge is 0.335 e. The van der Waals surface area contributed by atoms with Crippen molar-refractivity contribution < 1.29 is 88.8 Å². The van der Waals surface area contributed by atoms with Crippen LogP contribution in [0.5, 0.6) is 0 Å². The summed E-state index contributed by atoms with van der Waals surface area (Å²) in [7, 11) is -12.2. The third-order valence-corrected chi connectivity index (χ3v) is 39.6. The maximum Gasteiger partial charge on any atom is 0.335 e. The summed E-state index contributed by atoms with van der Waals surface area (Å²) >= 11 is 0. The van der Waals surface area contributed by atoms with Gasteiger partial charge in [-0.1, -0.05) is 242 Å². The van der Waals surface area contributed by atoms with Gasteiger partial charge in [0.25, 0.3) is 0 Å². The van der Waals surface area contributed by atoms with Gasteiger partial charge in [-0.15, -0.1) is 0 Å². The molecule has 0 unspecified atom stereocenters. The van der Waals surface area contributed by atoms with Gasteiger partial charge in [0.05, 0.1) is 38.9 Å². The summed E-state index contributed by atoms with van der Waals surface area (Å²) in [5.74, 6) is -3.68. The fourth-order valence-electron chi connectivity index (χ4n) is 12.1. The molecule has 0 bridgehead atoms. The molecule has 0 saturated carbocycles. The minimum Gasteiger partial charge on any atom is -0.461 e. The Balaban J connectivity index is 1.63. The third kappa shape index (κ3) is 25.1. The molecular formula is C74H126O19Si4. The van der Waals surface area contributed by atoms with Crippen LogP contribution < -0.4 is 0 Å². The van der Waals surface area contributed by atoms with Crippen LogP contribution in [0.2, 0.25) is 58.4 Å². The first-order valence-electron chi connectivity index (χ1n) is 36.5. The van der Waals surface area contributed by atoms with E-state index in [0.717, 1.165) is 36.8 Å². The Morgan fingerprint density at radius 2 is 0.814 bits per heavy atom. The highest BCUT2D eigenvalue weighted by molar-refractivity contribution is 6.84. The van der Waals surface area contributed by atoms with E-state index in [1.165, 1.54) is 51.4 Å². The van der Waals surface area contributed by atoms with Gasteiger partial charge in [0.2, 0.25) is 12.6 Å². The molecule has 97 heavy (non-hydrogen) atoms. The Labute approximate surface area is 586 Å². The van der Waals surface area contributed by atoms with Gasteiger partial charge in [-0.05, 0) is 76.0 Å². The number of aliphatic hydroxyl groups is 1. The predicted molar refractivity (Wildman–Crippen MR) is 384 cm³/mol. The largest absolute Gasteiger partial charge is 0.461 e. The van der Waals surface area contributed by atoms with Crippen molar-refractivity contribution in [2.24, 2.45) is 0 Å². The van der Waals surface area contributed by atoms with Crippen molar-refractivity contribution in [3.05, 3.63) is 71.8 Å². The van der Waals surface area contributed by atoms with E-state index in [0.29, 0.717) is 6.42 Å². The second kappa shape index (κ2) is 39.1. The molecule has 3 aliphatic heterocycles. The molecule has 0 aliphatic carbocycles. The second-order valence-corrected chi connectivity index (χ2v) is 49.7. The average Bonchev–Trinajstić information content (AvgIpc) is 1.62. The zero-order valence-corrected chi connectivity index (χ0v) is 66.7. The molecule has 3 fully saturated rings. The van der Waals surface area contributed by atoms with Gasteiger partial charge in [0, 0.05) is 6.42 Å². The summed E-state index contributed by atoms with van der Waals surface area (Å²) in [6.45, 7) is 39.8. The first-order valence-corrected chi connectivity index (χ1v) is 46.3. The summed E-state index contributed by atoms with van der Waals surface area (Å²) in [4.78, 5) is 70.5. The Bertz CT molecular complexity index is 2670. The topological polar surface area (TPSA) is 226 Å². The lowest BCUT2D eigenvalue weighted by atomic mass is 9.97. The number of rotatable bonds is 39. The van der Waals surface area contributed by atoms with Crippen molar-refractivity contribution in [2.45, 2.75) is 352 Å². The zero-order valence-electron chi connectivity index (χ0n) is 62.7. The van der Waals surface area contributed by atoms with E-state index in [4.69, 9.17) is 59.7 Å². The molecule has 0 radical (unpaired) electrons. The molecule has 1 N–H and O–H groups in total. The van der Waals surface area contributed by atoms with Crippen LogP contribution in [0.1, 0.15) is 231 Å². The van der Waals surface area contributed by atoms with Crippen molar-refractivity contribution in [2.75, 3.05) is 13.2 Å². The van der Waals surface area contributed by atoms with Gasteiger partial charge in [0.1, 0.15) is 43.7 Å². The van der Waals surface area contributed by atoms with Gasteiger partial charge >= 0.3 is 47.0 Å². The highest BCUT2D eigenvalue weighted by Gasteiger charge is 2.66. The molecule has 3 saturated heterocycles. The fourth-order valence-corrected chi connectivity index (χ4v) is 25.4. The number of esters is 5. The molecule has 2 aromatic carbocycles. The van der Waals surface area contributed by atoms with E-state index in [1.54, 1.807) is 0 Å². The van der Waals surface area contributed by atoms with Crippen molar-refractivity contribution >= 4 is 63.6 Å². The van der Waals surface area contributed by atoms with Crippen LogP contribution in [0.25, 0.3) is 0 Å². The number of hydrogen-bond acceptors (Lipinski definition) is 19. The minimum absolute atomic E-state index is 0.000659. The number of ether oxygens (including phenoxy) is 8. The van der Waals surface area contributed by atoms with E-state index in [9.17, 15) is 29.1 Å². The van der Waals surface area contributed by atoms with Gasteiger partial charge in [0.15, 0.2) is 34.9 Å². The molecule has 23 heteroatoms. The lowest BCUT2D eigenvalue weighted by Crippen LogP contribution is -2.67. The summed E-state index contributed by atoms with van der Waals surface area (Å²) in [5, 5.41) is 12.2. The normalized spacial score (nSPS) is 23.8. The monoisotopic (exact) mass is 1430 g/mol. The summed E-state index contributed by atoms with van der Waals surface area (Å²) in [6.07, 6.45) is -1.63. The van der Waals surface area contributed by atoms with E-state index < -0.39 is 138 Å². The number of carbonyl (C=O) groups is 5. The van der Waals surface area contributed by atoms with E-state index in [2.05, 4.69) is 130 Å². The van der Waals surface area contributed by atoms with Crippen LogP contribution in [0.4, 0.5) is 0 Å². The summed E-state index contributed by atoms with van der Waals surface area (Å²) < 4.78 is 88.8. The van der Waals surface area contributed by atoms with Crippen LogP contribution >= 0.6 is 0 Å². The van der Waals surface area contributed by atoms with Gasteiger partial charge in [-0.2, -0.15) is 0 Å². The molecule has 0 spiro atoms. The number of carbonyl (C=O) groups excluding carboxylic acids is 5. The second-order valence-electron chi connectivity index (χ2n) is 31.3. The van der Waals surface area contributed by atoms with Crippen LogP contribution in [0, 0.1) is 0 Å². The van der Waals surface area contributed by atoms with Crippen molar-refractivity contribution in [1.29, 1.82) is 0 Å². The molecule has 552 valence electrons. The summed E-state index contributed by atoms with van der Waals surface area (Å²) in [5.41, 5.74) is 0.940. The number of aliphatic hydroxyl groups excluding tert-OH is 1. The number of benzene rings is 2. The SMILES string of the molecule is CCCCCCCCCCCCCCCC(=O)O[C@H]1[C@H](O)[C@@H](CO[Si](C)(C)C(C)(C)C)O[C@H](O[C@H]2O[C@H](CO[Si](C)(C)C(C)(C)C)[C@H]3O[Si](C(C)C)(C(C)C)O[Si](C(C)C)(C(C)C)O[C@@H]3[C@H]2OC(=O)CCC(=O)OCc2ccccc2)[C@@H]1OC(=O)CCC(=O)OCc1ccccc1. The number of unbranched alkanes of at least 4 members (excludes halogenated alkanes) is 12. The molecule has 3 aliphatic rings. The first-order chi connectivity index (χ1) is 45.6. The molecule has 2 aromatic rings. The molecule has 3 heterocycles. The highest BCUT2D eigenvalue weighted by Crippen LogP contribution is 2.51. The van der Waals surface area contributed by atoms with Crippen LogP contribution in [0.3, 0.4) is 0 Å². The van der Waals surface area contributed by atoms with Crippen molar-refractivity contribution in [1.82, 2.24) is 0 Å². The van der Waals surface area contributed by atoms with Gasteiger partial charge in [-0.25, -0.2) is 0 Å². The Morgan fingerprint density at radius 3 is 1.24 bits per heavy atom. The van der Waals surface area contributed by atoms with E-state index in [-0.39, 0.29) is 77.9 Å². The molecule has 19 nitrogen and oxygen atoms in total. The van der Waals surface area contributed by atoms with E-state index in [1.807, 2.05) is 60.7 Å². The summed E-state index contributed by atoms with van der Waals surface area (Å²) in [6, 6.07) is 18.4. The molecule has 5 rings (SSSR count). The quantitative estimate of drug-likeness (QED) is 0.0284. The van der Waals surface area contributed by atoms with Crippen LogP contribution in [-0.2, 0) is 96.9 Å². The number of hydrogen-bond donors (Lipinski definition) is 1. The fraction of sp³-hybridized carbons (Fsp3) is 0.770. The van der Waals surface area contributed by atoms with Crippen LogP contribution in [-0.4, -0.2) is 143 Å². The standard InChI is InChI=1S/C74H126O19Si4/c1-20-21-22-23-24-25-26-27-28-29-30-31-38-43-62(77)87-67-65(80)58(50-83-94(16,17)73(10,11)12)85-71(69(67)88-63(78)46-44-60(75)81-48-56-39-34-32-35-40-56)90-72-70(89-64(79)47-45-61(76)82-49-57-41-36-33-37-42-57)68-66(59(86-72)51-84-95(18,19)74(13,14)15)91-96(52(2)3,53(4)5)93-97(92-68,54(6)7)55(8)9/h32-37,39-42,52-55,58-59,65-72,80H,20-31,38,43-51H2,1-19H3/t58-,59-,65-,66-,67+,68+,69-,70-,71-,72-/m1/s1. The highest BCUT2D eigenvalue weighted by atomic mass is 28.5. The Kier molecular flexibility index (Phi) is 33.8. The Hall–Kier alpha value is -3.70. The predicted octanol–water partition coefficient (Wildman–Crippen LogP) is 16.4. The van der Waals surface area contributed by atoms with E-state index >= 15 is 0 Å². The third-order valence-electron chi connectivity index (χ3n) is 20.3. The minimum atomic E-state index is -3.55. The lowest BCUT2D eigenvalue weighted by molar-refractivity contribution is -0.374. The number of fused-ring (bicyclic) bond motifs is 1. The molecule has 10 atom stereocenters. The lowest BCUT2D eigenvalue weighted by Gasteiger charge is -2.50. The van der Waals surface area contributed by atoms with Crippen molar-refractivity contribution in [3.8, 4) is 0 Å². The maximum atomic E-state index is 14.8. The van der Waals surface area contributed by atoms with Gasteiger partial charge in [-0.3, -0.25) is 24.0 Å². The average molecular weight is 1430 g/mol. The van der Waals surface area contributed by atoms with Crippen molar-refractivity contribution in [3.63, 3.8) is 0 Å². The molecular weight excluding hydrogens is 1310 g/mol. The maximum absolute atomic E-state index is 14.8. The first kappa shape index (κ1) is 84.0. The van der Waals surface area contributed by atoms with Gasteiger partial charge < -0.3 is 64.8 Å². The zero-order chi connectivity index (χ0) is 71.9. The molecule has 0 amide bonds.